The Morgan fingerprint density at radius 3 is 2.31 bits per heavy atom. The van der Waals surface area contributed by atoms with Gasteiger partial charge < -0.3 is 19.3 Å². The Labute approximate surface area is 208 Å². The van der Waals surface area contributed by atoms with Crippen LogP contribution in [0.25, 0.3) is 0 Å². The standard InChI is InChI=1S/C27H36NO6P/c1-4-11-23(24-14-9-6-10-15-24)16-17-25(26(29)33-3)21-35(31,32)19-18-28(2)27(30)34-20-22-12-7-5-8-13-22/h5-10,12-15,17,23H,4,11,16,18-21H2,1-3H3,(H,31,32). The fourth-order valence-electron chi connectivity index (χ4n) is 3.69. The van der Waals surface area contributed by atoms with Gasteiger partial charge in [-0.1, -0.05) is 80.1 Å². The van der Waals surface area contributed by atoms with Crippen LogP contribution in [-0.4, -0.2) is 54.9 Å². The van der Waals surface area contributed by atoms with Gasteiger partial charge in [-0.2, -0.15) is 0 Å². The van der Waals surface area contributed by atoms with Crippen LogP contribution in [-0.2, 0) is 25.4 Å². The Morgan fingerprint density at radius 2 is 1.71 bits per heavy atom. The number of hydrogen-bond acceptors (Lipinski definition) is 5. The summed E-state index contributed by atoms with van der Waals surface area (Å²) in [6.07, 6.45) is 3.15. The Morgan fingerprint density at radius 1 is 1.09 bits per heavy atom. The van der Waals surface area contributed by atoms with E-state index in [9.17, 15) is 19.0 Å². The highest BCUT2D eigenvalue weighted by atomic mass is 31.2. The number of esters is 1. The van der Waals surface area contributed by atoms with Crippen LogP contribution in [0.4, 0.5) is 4.79 Å². The van der Waals surface area contributed by atoms with Crippen LogP contribution in [0.1, 0.15) is 43.2 Å². The van der Waals surface area contributed by atoms with Gasteiger partial charge in [-0.15, -0.1) is 0 Å². The molecule has 2 aromatic carbocycles. The highest BCUT2D eigenvalue weighted by Gasteiger charge is 2.26. The summed E-state index contributed by atoms with van der Waals surface area (Å²) in [5.74, 6) is -0.414. The number of benzene rings is 2. The van der Waals surface area contributed by atoms with Crippen molar-refractivity contribution in [1.29, 1.82) is 0 Å². The molecule has 2 rings (SSSR count). The number of carbonyl (C=O) groups excluding carboxylic acids is 2. The average molecular weight is 502 g/mol. The van der Waals surface area contributed by atoms with E-state index in [2.05, 4.69) is 19.1 Å². The molecule has 2 unspecified atom stereocenters. The zero-order valence-corrected chi connectivity index (χ0v) is 21.7. The molecule has 1 N–H and O–H groups in total. The highest BCUT2D eigenvalue weighted by molar-refractivity contribution is 7.58. The summed E-state index contributed by atoms with van der Waals surface area (Å²) in [7, 11) is -0.979. The van der Waals surface area contributed by atoms with Gasteiger partial charge in [0.05, 0.1) is 13.3 Å². The Bertz CT molecular complexity index is 1010. The molecule has 0 fully saturated rings. The van der Waals surface area contributed by atoms with Crippen LogP contribution in [0.15, 0.2) is 72.3 Å². The monoisotopic (exact) mass is 501 g/mol. The summed E-state index contributed by atoms with van der Waals surface area (Å²) in [6, 6.07) is 19.3. The summed E-state index contributed by atoms with van der Waals surface area (Å²) in [6.45, 7) is 2.25. The van der Waals surface area contributed by atoms with Gasteiger partial charge in [0.2, 0.25) is 7.37 Å². The first-order chi connectivity index (χ1) is 16.8. The molecule has 8 heteroatoms. The number of rotatable bonds is 13. The number of hydrogen-bond donors (Lipinski definition) is 1. The van der Waals surface area contributed by atoms with E-state index in [0.717, 1.165) is 24.0 Å². The third-order valence-corrected chi connectivity index (χ3v) is 7.46. The van der Waals surface area contributed by atoms with Gasteiger partial charge in [-0.3, -0.25) is 4.57 Å². The van der Waals surface area contributed by atoms with E-state index in [-0.39, 0.29) is 37.0 Å². The maximum atomic E-state index is 12.9. The van der Waals surface area contributed by atoms with Crippen molar-refractivity contribution in [2.75, 3.05) is 33.0 Å². The molecule has 2 aromatic rings. The SMILES string of the molecule is CCCC(CC=C(CP(=O)(O)CCN(C)C(=O)OCc1ccccc1)C(=O)OC)c1ccccc1. The first-order valence-corrected chi connectivity index (χ1v) is 13.8. The van der Waals surface area contributed by atoms with Gasteiger partial charge in [-0.05, 0) is 29.9 Å². The summed E-state index contributed by atoms with van der Waals surface area (Å²) in [4.78, 5) is 36.4. The van der Waals surface area contributed by atoms with Gasteiger partial charge in [0.15, 0.2) is 0 Å². The Kier molecular flexibility index (Phi) is 11.7. The molecule has 35 heavy (non-hydrogen) atoms. The molecule has 0 aliphatic heterocycles. The molecular weight excluding hydrogens is 465 g/mol. The number of allylic oxidation sites excluding steroid dienone is 1. The van der Waals surface area contributed by atoms with E-state index in [4.69, 9.17) is 9.47 Å². The molecule has 0 saturated heterocycles. The molecule has 190 valence electrons. The molecule has 0 aliphatic carbocycles. The fraction of sp³-hybridized carbons (Fsp3) is 0.407. The number of ether oxygens (including phenoxy) is 2. The van der Waals surface area contributed by atoms with Crippen LogP contribution >= 0.6 is 7.37 Å². The molecular formula is C27H36NO6P. The van der Waals surface area contributed by atoms with Crippen molar-refractivity contribution in [1.82, 2.24) is 4.90 Å². The zero-order valence-electron chi connectivity index (χ0n) is 20.8. The summed E-state index contributed by atoms with van der Waals surface area (Å²) in [5, 5.41) is 0. The first kappa shape index (κ1) is 28.3. The third kappa shape index (κ3) is 10.1. The smallest absolute Gasteiger partial charge is 0.409 e. The van der Waals surface area contributed by atoms with Gasteiger partial charge in [0.25, 0.3) is 0 Å². The van der Waals surface area contributed by atoms with Crippen molar-refractivity contribution < 1.29 is 28.5 Å². The second-order valence-electron chi connectivity index (χ2n) is 8.54. The third-order valence-electron chi connectivity index (χ3n) is 5.72. The van der Waals surface area contributed by atoms with Gasteiger partial charge in [-0.25, -0.2) is 9.59 Å². The molecule has 0 heterocycles. The lowest BCUT2D eigenvalue weighted by Crippen LogP contribution is -2.30. The quantitative estimate of drug-likeness (QED) is 0.218. The molecule has 0 aliphatic rings. The minimum Gasteiger partial charge on any atom is -0.466 e. The number of amides is 1. The molecule has 7 nitrogen and oxygen atoms in total. The van der Waals surface area contributed by atoms with Crippen molar-refractivity contribution >= 4 is 19.4 Å². The number of nitrogens with zero attached hydrogens (tertiary/aromatic N) is 1. The first-order valence-electron chi connectivity index (χ1n) is 11.8. The van der Waals surface area contributed by atoms with Crippen molar-refractivity contribution in [3.05, 3.63) is 83.4 Å². The maximum Gasteiger partial charge on any atom is 0.409 e. The summed E-state index contributed by atoms with van der Waals surface area (Å²) >= 11 is 0. The van der Waals surface area contributed by atoms with E-state index in [1.165, 1.54) is 19.1 Å². The molecule has 0 saturated carbocycles. The predicted molar refractivity (Wildman–Crippen MR) is 138 cm³/mol. The van der Waals surface area contributed by atoms with Gasteiger partial charge in [0, 0.05) is 25.3 Å². The van der Waals surface area contributed by atoms with Crippen molar-refractivity contribution in [3.63, 3.8) is 0 Å². The van der Waals surface area contributed by atoms with E-state index in [0.29, 0.717) is 6.42 Å². The van der Waals surface area contributed by atoms with Crippen LogP contribution < -0.4 is 0 Å². The molecule has 0 radical (unpaired) electrons. The lowest BCUT2D eigenvalue weighted by atomic mass is 9.91. The van der Waals surface area contributed by atoms with Crippen molar-refractivity contribution in [3.8, 4) is 0 Å². The Balaban J connectivity index is 1.97. The van der Waals surface area contributed by atoms with Crippen LogP contribution in [0.2, 0.25) is 0 Å². The van der Waals surface area contributed by atoms with E-state index in [1.807, 2.05) is 48.5 Å². The minimum absolute atomic E-state index is 0.0261. The topological polar surface area (TPSA) is 93.1 Å². The van der Waals surface area contributed by atoms with E-state index < -0.39 is 19.4 Å². The summed E-state index contributed by atoms with van der Waals surface area (Å²) < 4.78 is 23.0. The lowest BCUT2D eigenvalue weighted by molar-refractivity contribution is -0.136. The predicted octanol–water partition coefficient (Wildman–Crippen LogP) is 5.60. The van der Waals surface area contributed by atoms with Crippen LogP contribution in [0, 0.1) is 0 Å². The Hall–Kier alpha value is -2.89. The minimum atomic E-state index is -3.75. The van der Waals surface area contributed by atoms with Crippen LogP contribution in [0.3, 0.4) is 0 Å². The second-order valence-corrected chi connectivity index (χ2v) is 11.0. The van der Waals surface area contributed by atoms with Gasteiger partial charge >= 0.3 is 12.1 Å². The fourth-order valence-corrected chi connectivity index (χ4v) is 5.26. The molecule has 0 bridgehead atoms. The molecule has 1 amide bonds. The summed E-state index contributed by atoms with van der Waals surface area (Å²) in [5.41, 5.74) is 2.20. The molecule has 0 spiro atoms. The zero-order chi connectivity index (χ0) is 25.7. The van der Waals surface area contributed by atoms with Crippen molar-refractivity contribution in [2.24, 2.45) is 0 Å². The lowest BCUT2D eigenvalue weighted by Gasteiger charge is -2.20. The number of carbonyl (C=O) groups is 2. The van der Waals surface area contributed by atoms with Crippen LogP contribution in [0.5, 0.6) is 0 Å². The largest absolute Gasteiger partial charge is 0.466 e. The number of methoxy groups -OCH3 is 1. The molecule has 0 aromatic heterocycles. The van der Waals surface area contributed by atoms with Crippen molar-refractivity contribution in [2.45, 2.75) is 38.7 Å². The van der Waals surface area contributed by atoms with Gasteiger partial charge in [0.1, 0.15) is 6.61 Å². The average Bonchev–Trinajstić information content (AvgIpc) is 2.88. The van der Waals surface area contributed by atoms with E-state index in [1.54, 1.807) is 6.08 Å². The highest BCUT2D eigenvalue weighted by Crippen LogP contribution is 2.42. The maximum absolute atomic E-state index is 12.9. The van der Waals surface area contributed by atoms with E-state index >= 15 is 0 Å². The molecule has 2 atom stereocenters. The second kappa shape index (κ2) is 14.5. The normalized spacial score (nSPS) is 14.0.